The van der Waals surface area contributed by atoms with Crippen LogP contribution in [-0.4, -0.2) is 22.8 Å². The molecule has 0 aliphatic rings. The highest BCUT2D eigenvalue weighted by Gasteiger charge is 2.06. The van der Waals surface area contributed by atoms with Crippen LogP contribution in [0.1, 0.15) is 29.2 Å². The van der Waals surface area contributed by atoms with Crippen LogP contribution in [0.2, 0.25) is 0 Å². The molecule has 0 fully saturated rings. The topological polar surface area (TPSA) is 65.4 Å². The standard InChI is InChI=1S/C24H27N3O3/c1-4-27-16-20(15-26-27)14-25-24(28)11-9-19-8-10-23(29-3)21(13-19)17-30-22-7-5-6-18(2)12-22/h5-13,15-16H,4,14,17H2,1-3H3,(H,25,28)/b11-9+. The number of hydrogen-bond acceptors (Lipinski definition) is 4. The molecule has 2 aromatic carbocycles. The Kier molecular flexibility index (Phi) is 7.27. The zero-order valence-electron chi connectivity index (χ0n) is 17.6. The Morgan fingerprint density at radius 2 is 2.10 bits per heavy atom. The van der Waals surface area contributed by atoms with Crippen LogP contribution in [0.4, 0.5) is 0 Å². The van der Waals surface area contributed by atoms with Crippen molar-refractivity contribution in [1.82, 2.24) is 15.1 Å². The van der Waals surface area contributed by atoms with Gasteiger partial charge >= 0.3 is 0 Å². The van der Waals surface area contributed by atoms with E-state index in [1.54, 1.807) is 19.4 Å². The van der Waals surface area contributed by atoms with Gasteiger partial charge in [0.2, 0.25) is 5.91 Å². The average Bonchev–Trinajstić information content (AvgIpc) is 3.23. The molecule has 1 aromatic heterocycles. The van der Waals surface area contributed by atoms with Crippen LogP contribution < -0.4 is 14.8 Å². The fraction of sp³-hybridized carbons (Fsp3) is 0.250. The van der Waals surface area contributed by atoms with E-state index >= 15 is 0 Å². The molecule has 0 bridgehead atoms. The van der Waals surface area contributed by atoms with Crippen molar-refractivity contribution in [1.29, 1.82) is 0 Å². The van der Waals surface area contributed by atoms with E-state index in [1.807, 2.05) is 67.2 Å². The Morgan fingerprint density at radius 3 is 2.83 bits per heavy atom. The van der Waals surface area contributed by atoms with Crippen molar-refractivity contribution >= 4 is 12.0 Å². The van der Waals surface area contributed by atoms with Crippen molar-refractivity contribution in [3.8, 4) is 11.5 Å². The Bertz CT molecular complexity index is 1020. The molecular formula is C24H27N3O3. The first kappa shape index (κ1) is 21.2. The van der Waals surface area contributed by atoms with Gasteiger partial charge in [-0.1, -0.05) is 18.2 Å². The normalized spacial score (nSPS) is 10.9. The largest absolute Gasteiger partial charge is 0.496 e. The van der Waals surface area contributed by atoms with Crippen molar-refractivity contribution in [3.63, 3.8) is 0 Å². The summed E-state index contributed by atoms with van der Waals surface area (Å²) in [4.78, 5) is 12.1. The van der Waals surface area contributed by atoms with E-state index in [2.05, 4.69) is 10.4 Å². The molecule has 1 amide bonds. The van der Waals surface area contributed by atoms with Crippen molar-refractivity contribution in [3.05, 3.63) is 83.2 Å². The number of carbonyl (C=O) groups is 1. The predicted octanol–water partition coefficient (Wildman–Crippen LogP) is 4.13. The van der Waals surface area contributed by atoms with Crippen molar-refractivity contribution in [2.45, 2.75) is 33.5 Å². The molecule has 1 N–H and O–H groups in total. The quantitative estimate of drug-likeness (QED) is 0.544. The molecule has 0 saturated carbocycles. The fourth-order valence-corrected chi connectivity index (χ4v) is 2.97. The number of nitrogens with zero attached hydrogens (tertiary/aromatic N) is 2. The Balaban J connectivity index is 1.60. The zero-order valence-corrected chi connectivity index (χ0v) is 17.6. The molecule has 6 heteroatoms. The van der Waals surface area contributed by atoms with Crippen LogP contribution >= 0.6 is 0 Å². The molecule has 0 radical (unpaired) electrons. The van der Waals surface area contributed by atoms with Crippen LogP contribution in [0.25, 0.3) is 6.08 Å². The van der Waals surface area contributed by atoms with Gasteiger partial charge in [-0.25, -0.2) is 0 Å². The average molecular weight is 405 g/mol. The van der Waals surface area contributed by atoms with E-state index in [1.165, 1.54) is 6.08 Å². The lowest BCUT2D eigenvalue weighted by Crippen LogP contribution is -2.19. The Hall–Kier alpha value is -3.54. The summed E-state index contributed by atoms with van der Waals surface area (Å²) >= 11 is 0. The van der Waals surface area contributed by atoms with Gasteiger partial charge in [0.15, 0.2) is 0 Å². The second-order valence-corrected chi connectivity index (χ2v) is 6.93. The summed E-state index contributed by atoms with van der Waals surface area (Å²) in [6, 6.07) is 13.7. The number of rotatable bonds is 9. The summed E-state index contributed by atoms with van der Waals surface area (Å²) < 4.78 is 13.2. The second-order valence-electron chi connectivity index (χ2n) is 6.93. The van der Waals surface area contributed by atoms with Gasteiger partial charge in [-0.3, -0.25) is 9.48 Å². The molecule has 0 atom stereocenters. The maximum Gasteiger partial charge on any atom is 0.244 e. The highest BCUT2D eigenvalue weighted by Crippen LogP contribution is 2.23. The van der Waals surface area contributed by atoms with Gasteiger partial charge in [0.05, 0.1) is 13.3 Å². The molecule has 0 saturated heterocycles. The summed E-state index contributed by atoms with van der Waals surface area (Å²) in [5.74, 6) is 1.40. The lowest BCUT2D eigenvalue weighted by atomic mass is 10.1. The minimum absolute atomic E-state index is 0.160. The molecule has 0 aliphatic heterocycles. The number of ether oxygens (including phenoxy) is 2. The van der Waals surface area contributed by atoms with Crippen LogP contribution in [0, 0.1) is 6.92 Å². The third-order valence-corrected chi connectivity index (χ3v) is 4.59. The molecule has 0 unspecified atom stereocenters. The number of amides is 1. The molecule has 0 aliphatic carbocycles. The highest BCUT2D eigenvalue weighted by atomic mass is 16.5. The number of aryl methyl sites for hydroxylation is 2. The third-order valence-electron chi connectivity index (χ3n) is 4.59. The summed E-state index contributed by atoms with van der Waals surface area (Å²) in [6.07, 6.45) is 6.99. The van der Waals surface area contributed by atoms with Gasteiger partial charge in [-0.15, -0.1) is 0 Å². The monoisotopic (exact) mass is 405 g/mol. The molecule has 3 aromatic rings. The smallest absolute Gasteiger partial charge is 0.244 e. The van der Waals surface area contributed by atoms with E-state index in [-0.39, 0.29) is 5.91 Å². The Labute approximate surface area is 177 Å². The first-order chi connectivity index (χ1) is 14.6. The molecule has 3 rings (SSSR count). The number of methoxy groups -OCH3 is 1. The molecule has 30 heavy (non-hydrogen) atoms. The highest BCUT2D eigenvalue weighted by molar-refractivity contribution is 5.91. The number of hydrogen-bond donors (Lipinski definition) is 1. The third kappa shape index (κ3) is 5.98. The molecular weight excluding hydrogens is 378 g/mol. The lowest BCUT2D eigenvalue weighted by Gasteiger charge is -2.11. The number of nitrogens with one attached hydrogen (secondary N) is 1. The van der Waals surface area contributed by atoms with E-state index in [9.17, 15) is 4.79 Å². The summed E-state index contributed by atoms with van der Waals surface area (Å²) in [5, 5.41) is 7.07. The van der Waals surface area contributed by atoms with Crippen LogP contribution in [0.5, 0.6) is 11.5 Å². The predicted molar refractivity (Wildman–Crippen MR) is 117 cm³/mol. The van der Waals surface area contributed by atoms with E-state index in [0.717, 1.165) is 40.3 Å². The van der Waals surface area contributed by atoms with Gasteiger partial charge in [0.25, 0.3) is 0 Å². The number of aromatic nitrogens is 2. The van der Waals surface area contributed by atoms with Gasteiger partial charge < -0.3 is 14.8 Å². The lowest BCUT2D eigenvalue weighted by molar-refractivity contribution is -0.116. The summed E-state index contributed by atoms with van der Waals surface area (Å²) in [7, 11) is 1.63. The summed E-state index contributed by atoms with van der Waals surface area (Å²) in [6.45, 7) is 5.68. The van der Waals surface area contributed by atoms with Crippen molar-refractivity contribution < 1.29 is 14.3 Å². The first-order valence-electron chi connectivity index (χ1n) is 9.91. The fourth-order valence-electron chi connectivity index (χ4n) is 2.97. The van der Waals surface area contributed by atoms with Gasteiger partial charge in [-0.2, -0.15) is 5.10 Å². The zero-order chi connectivity index (χ0) is 21.3. The SMILES string of the molecule is CCn1cc(CNC(=O)/C=C/c2ccc(OC)c(COc3cccc(C)c3)c2)cn1. The maximum atomic E-state index is 12.1. The van der Waals surface area contributed by atoms with E-state index in [0.29, 0.717) is 13.2 Å². The molecule has 0 spiro atoms. The van der Waals surface area contributed by atoms with Crippen LogP contribution in [0.15, 0.2) is 60.9 Å². The molecule has 156 valence electrons. The van der Waals surface area contributed by atoms with Crippen molar-refractivity contribution in [2.75, 3.05) is 7.11 Å². The number of benzene rings is 2. The molecule has 6 nitrogen and oxygen atoms in total. The number of carbonyl (C=O) groups excluding carboxylic acids is 1. The summed E-state index contributed by atoms with van der Waals surface area (Å²) in [5.41, 5.74) is 3.92. The van der Waals surface area contributed by atoms with E-state index < -0.39 is 0 Å². The van der Waals surface area contributed by atoms with E-state index in [4.69, 9.17) is 9.47 Å². The van der Waals surface area contributed by atoms with Crippen molar-refractivity contribution in [2.24, 2.45) is 0 Å². The van der Waals surface area contributed by atoms with Crippen LogP contribution in [-0.2, 0) is 24.5 Å². The Morgan fingerprint density at radius 1 is 1.23 bits per heavy atom. The van der Waals surface area contributed by atoms with Gasteiger partial charge in [-0.05, 0) is 55.3 Å². The maximum absolute atomic E-state index is 12.1. The first-order valence-corrected chi connectivity index (χ1v) is 9.91. The van der Waals surface area contributed by atoms with Gasteiger partial charge in [0.1, 0.15) is 18.1 Å². The van der Waals surface area contributed by atoms with Crippen LogP contribution in [0.3, 0.4) is 0 Å². The minimum Gasteiger partial charge on any atom is -0.496 e. The minimum atomic E-state index is -0.160. The molecule has 1 heterocycles. The second kappa shape index (κ2) is 10.3. The van der Waals surface area contributed by atoms with Gasteiger partial charge in [0, 0.05) is 36.5 Å².